The molecule has 0 aliphatic carbocycles. The largest absolute Gasteiger partial charge is 0.508 e. The summed E-state index contributed by atoms with van der Waals surface area (Å²) in [6.07, 6.45) is 2.52. The maximum Gasteiger partial charge on any atom is 0.305 e. The Morgan fingerprint density at radius 3 is 1.16 bits per heavy atom. The predicted molar refractivity (Wildman–Crippen MR) is 542 cm³/mol. The third-order valence-corrected chi connectivity index (χ3v) is 24.1. The molecule has 0 saturated carbocycles. The number of aromatic hydroxyl groups is 1. The highest BCUT2D eigenvalue weighted by molar-refractivity contribution is 7.80. The lowest BCUT2D eigenvalue weighted by Crippen LogP contribution is -2.62. The van der Waals surface area contributed by atoms with Crippen LogP contribution in [0.15, 0.2) is 141 Å². The number of aromatic nitrogens is 6. The average Bonchev–Trinajstić information content (AvgIpc) is 1.68. The molecule has 0 radical (unpaired) electrons. The van der Waals surface area contributed by atoms with Crippen LogP contribution in [0.1, 0.15) is 127 Å². The van der Waals surface area contributed by atoms with Gasteiger partial charge in [-0.2, -0.15) is 25.3 Å². The summed E-state index contributed by atoms with van der Waals surface area (Å²) in [5, 5.41) is 82.1. The number of guanidine groups is 1. The Bertz CT molecular complexity index is 6010. The number of carboxylic acids is 2. The number of amides is 18. The van der Waals surface area contributed by atoms with Crippen LogP contribution in [0.3, 0.4) is 0 Å². The van der Waals surface area contributed by atoms with Crippen LogP contribution in [0.25, 0.3) is 21.8 Å². The molecule has 0 saturated heterocycles. The van der Waals surface area contributed by atoms with Gasteiger partial charge in [0.05, 0.1) is 25.5 Å². The summed E-state index contributed by atoms with van der Waals surface area (Å²) < 4.78 is 0. The summed E-state index contributed by atoms with van der Waals surface area (Å²) in [5.41, 5.74) is 19.7. The number of hydrogen-bond donors (Lipinski definition) is 30. The van der Waals surface area contributed by atoms with E-state index >= 15 is 28.8 Å². The second-order valence-corrected chi connectivity index (χ2v) is 36.7. The van der Waals surface area contributed by atoms with Crippen molar-refractivity contribution in [1.82, 2.24) is 120 Å². The van der Waals surface area contributed by atoms with E-state index in [1.54, 1.807) is 105 Å². The summed E-state index contributed by atoms with van der Waals surface area (Å²) in [4.78, 5) is 301. The van der Waals surface area contributed by atoms with Gasteiger partial charge in [-0.15, -0.1) is 0 Å². The molecule has 8 rings (SSSR count). The molecular formula is C96H127N27O23S2. The molecule has 0 aliphatic heterocycles. The number of primary amides is 2. The highest BCUT2D eigenvalue weighted by atomic mass is 32.1. The van der Waals surface area contributed by atoms with E-state index in [1.165, 1.54) is 77.0 Å². The number of rotatable bonds is 60. The second-order valence-electron chi connectivity index (χ2n) is 36.0. The van der Waals surface area contributed by atoms with Crippen molar-refractivity contribution in [2.45, 2.75) is 229 Å². The fraction of sp³-hybridized carbons (Fsp3) is 0.427. The number of aromatic amines is 4. The number of H-pyrrole nitrogens is 4. The summed E-state index contributed by atoms with van der Waals surface area (Å²) in [5.74, 6) is -24.0. The second kappa shape index (κ2) is 57.3. The molecule has 4 heterocycles. The van der Waals surface area contributed by atoms with Crippen molar-refractivity contribution in [3.8, 4) is 5.75 Å². The van der Waals surface area contributed by atoms with Gasteiger partial charge in [0.25, 0.3) is 0 Å². The van der Waals surface area contributed by atoms with Crippen molar-refractivity contribution in [2.24, 2.45) is 29.0 Å². The first kappa shape index (κ1) is 117. The number of nitrogens with zero attached hydrogens (tertiary/aromatic N) is 2. The lowest BCUT2D eigenvalue weighted by atomic mass is 9.99. The van der Waals surface area contributed by atoms with Crippen LogP contribution in [0, 0.1) is 17.2 Å². The number of thiol groups is 2. The minimum absolute atomic E-state index is 0.000164. The molecular weight excluding hydrogens is 1960 g/mol. The number of aliphatic carboxylic acids is 2. The first-order valence-electron chi connectivity index (χ1n) is 47.3. The predicted octanol–water partition coefficient (Wildman–Crippen LogP) is -4.10. The lowest BCUT2D eigenvalue weighted by molar-refractivity contribution is -0.142. The number of imidazole rings is 2. The molecule has 4 aromatic heterocycles. The smallest absolute Gasteiger partial charge is 0.305 e. The highest BCUT2D eigenvalue weighted by Gasteiger charge is 2.41. The van der Waals surface area contributed by atoms with Crippen LogP contribution in [0.2, 0.25) is 0 Å². The van der Waals surface area contributed by atoms with Crippen molar-refractivity contribution in [1.29, 1.82) is 5.41 Å². The SMILES string of the molecule is CC(=O)N[C@@H](CS)C(=O)N[C@@H](C)C(=O)N[C@@H](CC(=O)O)C(=O)N[C@@H](Cc1c[nH]c2ccccc12)C(=O)N[C@H](C(=O)N[C@@H](CS)C(=O)N[C@@H](Cc1ccc(O)cc1)C(=O)N[C@@H](Cc1c[nH]c2ccccc12)C(=O)N[C@@H](Cc1cnc[nH]1)C(=O)N[C@@H](Cc1ccccc1)C(=O)N[C@@H](Cc1cnc[nH]1)C(=O)N[C@@H](CCC(N)=O)C(=O)N[C@@H](CC(C)C)C(=O)N[C@@H](CCCNC(=N)N)C(=O)N[C@@H](CC(=O)O)C(=O)N[C@@H](C)C(N)=O)C(C)C. The molecule has 0 aliphatic rings. The Kier molecular flexibility index (Phi) is 45.2. The molecule has 16 atom stereocenters. The summed E-state index contributed by atoms with van der Waals surface area (Å²) in [6.45, 7) is 9.97. The molecule has 0 fully saturated rings. The number of phenols is 1. The minimum atomic E-state index is -1.90. The number of phenolic OH excluding ortho intramolecular Hbond substituents is 1. The number of carboxylic acid groups (broad SMARTS) is 2. The molecule has 796 valence electrons. The minimum Gasteiger partial charge on any atom is -0.508 e. The van der Waals surface area contributed by atoms with E-state index < -0.39 is 277 Å². The molecule has 18 amide bonds. The van der Waals surface area contributed by atoms with Crippen LogP contribution in [-0.2, 0) is 134 Å². The Labute approximate surface area is 859 Å². The zero-order valence-electron chi connectivity index (χ0n) is 82.0. The van der Waals surface area contributed by atoms with Gasteiger partial charge in [-0.1, -0.05) is 107 Å². The van der Waals surface area contributed by atoms with Crippen LogP contribution in [0.5, 0.6) is 5.75 Å². The Balaban J connectivity index is 1.06. The number of fused-ring (bicyclic) bond motifs is 2. The van der Waals surface area contributed by atoms with Gasteiger partial charge >= 0.3 is 11.9 Å². The maximum absolute atomic E-state index is 15.7. The van der Waals surface area contributed by atoms with E-state index in [2.05, 4.69) is 146 Å². The average molecular weight is 2090 g/mol. The van der Waals surface area contributed by atoms with E-state index in [-0.39, 0.29) is 74.4 Å². The zero-order chi connectivity index (χ0) is 109. The number of benzene rings is 4. The number of para-hydroxylation sites is 2. The van der Waals surface area contributed by atoms with Crippen molar-refractivity contribution < 1.29 is 111 Å². The van der Waals surface area contributed by atoms with Gasteiger partial charge < -0.3 is 143 Å². The van der Waals surface area contributed by atoms with Gasteiger partial charge in [-0.3, -0.25) is 101 Å². The zero-order valence-corrected chi connectivity index (χ0v) is 83.8. The van der Waals surface area contributed by atoms with Gasteiger partial charge in [-0.25, -0.2) is 9.97 Å². The first-order valence-corrected chi connectivity index (χ1v) is 48.5. The Hall–Kier alpha value is -16.4. The molecule has 0 bridgehead atoms. The molecule has 50 nitrogen and oxygen atoms in total. The number of nitrogens with one attached hydrogen (secondary N) is 22. The third kappa shape index (κ3) is 37.3. The highest BCUT2D eigenvalue weighted by Crippen LogP contribution is 2.24. The number of hydrogen-bond acceptors (Lipinski definition) is 26. The van der Waals surface area contributed by atoms with Crippen LogP contribution < -0.4 is 108 Å². The van der Waals surface area contributed by atoms with Gasteiger partial charge in [0.2, 0.25) is 106 Å². The lowest BCUT2D eigenvalue weighted by Gasteiger charge is -2.29. The number of nitrogens with two attached hydrogens (primary N) is 3. The maximum atomic E-state index is 15.7. The van der Waals surface area contributed by atoms with E-state index in [1.807, 2.05) is 0 Å². The van der Waals surface area contributed by atoms with Crippen molar-refractivity contribution in [2.75, 3.05) is 18.1 Å². The quantitative estimate of drug-likeness (QED) is 0.00746. The number of carbonyl (C=O) groups excluding carboxylic acids is 18. The van der Waals surface area contributed by atoms with Crippen molar-refractivity contribution in [3.05, 3.63) is 174 Å². The van der Waals surface area contributed by atoms with E-state index in [0.717, 1.165) is 6.92 Å². The molecule has 52 heteroatoms. The monoisotopic (exact) mass is 2090 g/mol. The standard InChI is InChI=1S/C96H127N27O23S2/c1-47(2)30-65(85(136)111-63(22-15-29-103-96(99)100)82(133)121-72(37-77(127)128)84(135)108-49(5)80(98)131)114-83(134)64(27-28-76(97)126)112-89(140)70(35-56-41-101-45-106-56)119-87(138)66(31-52-16-9-8-10-17-52)115-90(141)71(36-57-42-102-46-107-57)120-88(139)68(33-54-39-104-61-20-13-11-18-59(54)61)117-86(137)67(32-53-23-25-58(125)26-24-53)116-94(145)75(44-148)122-95(146)79(48(3)4)123-92(143)69(34-55-40-105-62-21-14-12-19-60(55)62)118-91(142)73(38-78(129)130)113-81(132)50(6)109-93(144)74(43-147)110-51(7)124/h8-14,16-21,23-26,39-42,45-50,63-75,79,104-105,125,147-148H,15,22,27-38,43-44H2,1-7H3,(H2,97,126)(H2,98,131)(H,101,106)(H,102,107)(H,108,135)(H,109,144)(H,110,124)(H,111,136)(H,112,140)(H,113,132)(H,114,134)(H,115,141)(H,116,145)(H,117,137)(H,118,142)(H,119,138)(H,120,139)(H,121,133)(H,122,146)(H,123,143)(H,127,128)(H,129,130)(H4,99,100,103)/t49-,50-,63-,64-,65-,66-,67-,68-,69-,70-,71-,72-,73-,74-,75-,79-/m0/s1. The van der Waals surface area contributed by atoms with Crippen molar-refractivity contribution in [3.63, 3.8) is 0 Å². The Morgan fingerprint density at radius 2 is 0.736 bits per heavy atom. The van der Waals surface area contributed by atoms with Gasteiger partial charge in [0.15, 0.2) is 5.96 Å². The van der Waals surface area contributed by atoms with E-state index in [9.17, 15) is 82.4 Å². The number of carbonyl (C=O) groups is 20. The molecule has 0 spiro atoms. The third-order valence-electron chi connectivity index (χ3n) is 23.4. The Morgan fingerprint density at radius 1 is 0.378 bits per heavy atom. The van der Waals surface area contributed by atoms with Crippen molar-refractivity contribution >= 4 is 171 Å². The molecule has 31 N–H and O–H groups in total. The first-order chi connectivity index (χ1) is 70.3. The normalized spacial score (nSPS) is 14.4. The van der Waals surface area contributed by atoms with Gasteiger partial charge in [0, 0.05) is 128 Å². The summed E-state index contributed by atoms with van der Waals surface area (Å²) in [6, 6.07) is 1.42. The fourth-order valence-corrected chi connectivity index (χ4v) is 16.1. The van der Waals surface area contributed by atoms with Crippen LogP contribution in [0.4, 0.5) is 0 Å². The fourth-order valence-electron chi connectivity index (χ4n) is 15.5. The topological polar surface area (TPSA) is 797 Å². The summed E-state index contributed by atoms with van der Waals surface area (Å²) in [7, 11) is 0. The molecule has 4 aromatic carbocycles. The van der Waals surface area contributed by atoms with Crippen LogP contribution in [-0.4, -0.2) is 284 Å². The van der Waals surface area contributed by atoms with Gasteiger partial charge in [0.1, 0.15) is 102 Å². The molecule has 148 heavy (non-hydrogen) atoms. The molecule has 0 unspecified atom stereocenters. The molecule has 8 aromatic rings. The van der Waals surface area contributed by atoms with Gasteiger partial charge in [-0.05, 0) is 97.9 Å². The van der Waals surface area contributed by atoms with Crippen LogP contribution >= 0.6 is 25.3 Å². The van der Waals surface area contributed by atoms with E-state index in [4.69, 9.17) is 22.6 Å². The van der Waals surface area contributed by atoms with E-state index in [0.29, 0.717) is 44.1 Å². The summed E-state index contributed by atoms with van der Waals surface area (Å²) >= 11 is 8.53.